The summed E-state index contributed by atoms with van der Waals surface area (Å²) in [5, 5.41) is 7.10. The van der Waals surface area contributed by atoms with E-state index in [9.17, 15) is 0 Å². The van der Waals surface area contributed by atoms with E-state index in [0.29, 0.717) is 0 Å². The molecule has 1 aliphatic heterocycles. The predicted octanol–water partition coefficient (Wildman–Crippen LogP) is 19.9. The van der Waals surface area contributed by atoms with Crippen LogP contribution in [-0.2, 0) is 0 Å². The molecule has 16 rings (SSSR count). The molecule has 0 saturated carbocycles. The molecule has 0 atom stereocenters. The van der Waals surface area contributed by atoms with Crippen LogP contribution < -0.4 is 4.90 Å². The first-order valence-corrected chi connectivity index (χ1v) is 26.1. The maximum absolute atomic E-state index is 6.94. The lowest BCUT2D eigenvalue weighted by Crippen LogP contribution is -2.10. The highest BCUT2D eigenvalue weighted by Crippen LogP contribution is 2.52. The Kier molecular flexibility index (Phi) is 9.30. The van der Waals surface area contributed by atoms with Gasteiger partial charge in [0.1, 0.15) is 11.2 Å². The van der Waals surface area contributed by atoms with E-state index in [0.717, 1.165) is 100 Å². The van der Waals surface area contributed by atoms with Crippen LogP contribution in [0.5, 0.6) is 0 Å². The Balaban J connectivity index is 0.946. The van der Waals surface area contributed by atoms with Gasteiger partial charge in [0.05, 0.1) is 27.8 Å². The van der Waals surface area contributed by atoms with Gasteiger partial charge >= 0.3 is 0 Å². The molecule has 3 aromatic heterocycles. The van der Waals surface area contributed by atoms with Crippen LogP contribution in [0.1, 0.15) is 0 Å². The summed E-state index contributed by atoms with van der Waals surface area (Å²) in [7, 11) is 0. The molecule has 0 spiro atoms. The average Bonchev–Trinajstić information content (AvgIpc) is 4.22. The topological polar surface area (TPSA) is 26.2 Å². The fourth-order valence-electron chi connectivity index (χ4n) is 12.4. The summed E-state index contributed by atoms with van der Waals surface area (Å²) < 4.78 is 11.8. The SMILES string of the molecule is c1ccc(-c2ccc(N(c3cc(-c4ccccc4)cc(-c4ccc5c(c4)-c4ccc6c(oc7ccccc76)c4-c4cccc6c7ccccc7n-5c46)c3)c3ccc4c(c3)c3ccccc3n4-c3ccccc3)cc2)cc1. The van der Waals surface area contributed by atoms with Gasteiger partial charge in [0.25, 0.3) is 0 Å². The van der Waals surface area contributed by atoms with Gasteiger partial charge < -0.3 is 18.5 Å². The number of rotatable bonds is 7. The van der Waals surface area contributed by atoms with Gasteiger partial charge in [-0.1, -0.05) is 176 Å². The second-order valence-corrected chi connectivity index (χ2v) is 20.0. The van der Waals surface area contributed by atoms with Crippen molar-refractivity contribution < 1.29 is 4.42 Å². The van der Waals surface area contributed by atoms with E-state index >= 15 is 0 Å². The molecule has 4 nitrogen and oxygen atoms in total. The molecule has 0 amide bonds. The molecule has 0 radical (unpaired) electrons. The lowest BCUT2D eigenvalue weighted by Gasteiger charge is -2.27. The van der Waals surface area contributed by atoms with Crippen molar-refractivity contribution in [3.8, 4) is 67.0 Å². The highest BCUT2D eigenvalue weighted by atomic mass is 16.3. The van der Waals surface area contributed by atoms with Crippen LogP contribution in [0.4, 0.5) is 17.1 Å². The van der Waals surface area contributed by atoms with Gasteiger partial charge in [0.2, 0.25) is 0 Å². The van der Waals surface area contributed by atoms with Crippen molar-refractivity contribution in [1.82, 2.24) is 9.13 Å². The quantitative estimate of drug-likeness (QED) is 0.159. The summed E-state index contributed by atoms with van der Waals surface area (Å²) in [5.41, 5.74) is 23.4. The molecule has 4 heterocycles. The number of hydrogen-bond donors (Lipinski definition) is 0. The van der Waals surface area contributed by atoms with Crippen molar-refractivity contribution in [1.29, 1.82) is 0 Å². The molecule has 0 saturated heterocycles. The molecule has 76 heavy (non-hydrogen) atoms. The second kappa shape index (κ2) is 16.7. The number of nitrogens with zero attached hydrogens (tertiary/aromatic N) is 3. The van der Waals surface area contributed by atoms with Crippen molar-refractivity contribution >= 4 is 82.6 Å². The first-order chi connectivity index (χ1) is 37.7. The van der Waals surface area contributed by atoms with Crippen LogP contribution in [0.25, 0.3) is 133 Å². The Morgan fingerprint density at radius 1 is 0.289 bits per heavy atom. The van der Waals surface area contributed by atoms with Gasteiger partial charge in [-0.3, -0.25) is 0 Å². The van der Waals surface area contributed by atoms with Crippen LogP contribution >= 0.6 is 0 Å². The van der Waals surface area contributed by atoms with Crippen LogP contribution in [0.15, 0.2) is 277 Å². The van der Waals surface area contributed by atoms with E-state index < -0.39 is 0 Å². The molecule has 15 aromatic rings. The zero-order chi connectivity index (χ0) is 49.8. The Hall–Kier alpha value is -10.2. The monoisotopic (exact) mass is 967 g/mol. The van der Waals surface area contributed by atoms with Crippen molar-refractivity contribution in [2.75, 3.05) is 4.90 Å². The van der Waals surface area contributed by atoms with Crippen LogP contribution in [-0.4, -0.2) is 9.13 Å². The Morgan fingerprint density at radius 3 is 1.63 bits per heavy atom. The largest absolute Gasteiger partial charge is 0.455 e. The third kappa shape index (κ3) is 6.44. The van der Waals surface area contributed by atoms with Gasteiger partial charge in [0.15, 0.2) is 0 Å². The van der Waals surface area contributed by atoms with Gasteiger partial charge in [-0.15, -0.1) is 0 Å². The Morgan fingerprint density at radius 2 is 0.868 bits per heavy atom. The summed E-state index contributed by atoms with van der Waals surface area (Å²) in [6.45, 7) is 0. The summed E-state index contributed by atoms with van der Waals surface area (Å²) in [6.07, 6.45) is 0. The van der Waals surface area contributed by atoms with Gasteiger partial charge in [-0.05, 0) is 136 Å². The number of furan rings is 1. The zero-order valence-corrected chi connectivity index (χ0v) is 41.2. The average molecular weight is 968 g/mol. The summed E-state index contributed by atoms with van der Waals surface area (Å²) in [6, 6.07) is 99.7. The summed E-state index contributed by atoms with van der Waals surface area (Å²) in [5.74, 6) is 0. The van der Waals surface area contributed by atoms with Crippen molar-refractivity contribution in [3.05, 3.63) is 273 Å². The van der Waals surface area contributed by atoms with E-state index in [1.54, 1.807) is 0 Å². The number of fused-ring (bicyclic) bond motifs is 15. The Labute approximate surface area is 438 Å². The first kappa shape index (κ1) is 42.4. The van der Waals surface area contributed by atoms with Crippen molar-refractivity contribution in [3.63, 3.8) is 0 Å². The van der Waals surface area contributed by atoms with Gasteiger partial charge in [-0.2, -0.15) is 0 Å². The summed E-state index contributed by atoms with van der Waals surface area (Å²) in [4.78, 5) is 2.44. The first-order valence-electron chi connectivity index (χ1n) is 26.1. The number of hydrogen-bond acceptors (Lipinski definition) is 2. The Bertz CT molecular complexity index is 4790. The minimum Gasteiger partial charge on any atom is -0.455 e. The van der Waals surface area contributed by atoms with Gasteiger partial charge in [0, 0.05) is 71.8 Å². The summed E-state index contributed by atoms with van der Waals surface area (Å²) >= 11 is 0. The third-order valence-corrected chi connectivity index (χ3v) is 15.8. The maximum atomic E-state index is 6.94. The maximum Gasteiger partial charge on any atom is 0.143 e. The third-order valence-electron chi connectivity index (χ3n) is 15.8. The number of benzene rings is 12. The van der Waals surface area contributed by atoms with Crippen LogP contribution in [0, 0.1) is 0 Å². The molecular weight excluding hydrogens is 923 g/mol. The molecular formula is C72H45N3O. The van der Waals surface area contributed by atoms with Crippen molar-refractivity contribution in [2.24, 2.45) is 0 Å². The lowest BCUT2D eigenvalue weighted by molar-refractivity contribution is 0.670. The molecule has 0 aliphatic carbocycles. The predicted molar refractivity (Wildman–Crippen MR) is 318 cm³/mol. The number of aromatic nitrogens is 2. The van der Waals surface area contributed by atoms with Gasteiger partial charge in [-0.25, -0.2) is 0 Å². The van der Waals surface area contributed by atoms with E-state index in [4.69, 9.17) is 4.42 Å². The van der Waals surface area contributed by atoms with Crippen LogP contribution in [0.3, 0.4) is 0 Å². The molecule has 4 heteroatoms. The molecule has 0 unspecified atom stereocenters. The minimum atomic E-state index is 0.891. The van der Waals surface area contributed by atoms with E-state index in [2.05, 4.69) is 287 Å². The van der Waals surface area contributed by atoms with Crippen molar-refractivity contribution in [2.45, 2.75) is 0 Å². The van der Waals surface area contributed by atoms with E-state index in [1.165, 1.54) is 49.2 Å². The molecule has 0 N–H and O–H groups in total. The molecule has 12 aromatic carbocycles. The second-order valence-electron chi connectivity index (χ2n) is 20.0. The molecule has 0 fully saturated rings. The normalized spacial score (nSPS) is 11.9. The highest BCUT2D eigenvalue weighted by Gasteiger charge is 2.29. The molecule has 354 valence electrons. The van der Waals surface area contributed by atoms with E-state index in [-0.39, 0.29) is 0 Å². The standard InChI is InChI=1S/C72H45N3O/c1-4-17-46(18-5-1)48-31-34-53(35-32-48)73(54-36-40-67-64(45-54)57-24-11-13-28-65(57)74(67)52-21-8-3-9-22-52)55-42-50(47-19-6-2-7-20-47)41-51(43-55)49-33-39-68-63(44-49)59-37-38-61-58-25-12-15-30-69(58)76-72(61)70(59)62-27-16-26-60-56-23-10-14-29-66(56)75(68)71(60)62/h1-45H. The number of para-hydroxylation sites is 5. The minimum absolute atomic E-state index is 0.891. The number of anilines is 3. The smallest absolute Gasteiger partial charge is 0.143 e. The fraction of sp³-hybridized carbons (Fsp3) is 0. The molecule has 0 bridgehead atoms. The lowest BCUT2D eigenvalue weighted by atomic mass is 9.89. The zero-order valence-electron chi connectivity index (χ0n) is 41.2. The van der Waals surface area contributed by atoms with E-state index in [1.807, 2.05) is 0 Å². The fourth-order valence-corrected chi connectivity index (χ4v) is 12.4. The highest BCUT2D eigenvalue weighted by molar-refractivity contribution is 6.21. The van der Waals surface area contributed by atoms with Crippen LogP contribution in [0.2, 0.25) is 0 Å². The molecule has 1 aliphatic rings.